The maximum absolute atomic E-state index is 12.7. The molecule has 1 aromatic rings. The minimum atomic E-state index is -3.90. The highest BCUT2D eigenvalue weighted by molar-refractivity contribution is 7.96. The van der Waals surface area contributed by atoms with E-state index >= 15 is 0 Å². The summed E-state index contributed by atoms with van der Waals surface area (Å²) in [6.45, 7) is 0. The Morgan fingerprint density at radius 3 is 2.19 bits per heavy atom. The molecule has 0 radical (unpaired) electrons. The predicted molar refractivity (Wildman–Crippen MR) is 97.9 cm³/mol. The van der Waals surface area contributed by atoms with Gasteiger partial charge in [0.1, 0.15) is 0 Å². The summed E-state index contributed by atoms with van der Waals surface area (Å²) in [6.07, 6.45) is 4.63. The van der Waals surface area contributed by atoms with Crippen LogP contribution < -0.4 is 4.72 Å². The van der Waals surface area contributed by atoms with Crippen LogP contribution in [0.15, 0.2) is 34.1 Å². The van der Waals surface area contributed by atoms with Crippen LogP contribution in [-0.2, 0) is 29.7 Å². The monoisotopic (exact) mass is 421 g/mol. The Kier molecular flexibility index (Phi) is 5.49. The molecule has 0 aromatic heterocycles. The first-order valence-electron chi connectivity index (χ1n) is 8.67. The van der Waals surface area contributed by atoms with Crippen LogP contribution in [0, 0.1) is 0 Å². The fourth-order valence-corrected chi connectivity index (χ4v) is 9.35. The zero-order chi connectivity index (χ0) is 19.0. The van der Waals surface area contributed by atoms with Gasteiger partial charge in [0.15, 0.2) is 19.7 Å². The smallest absolute Gasteiger partial charge is 0.229 e. The molecular formula is C16H23NO6S3. The van der Waals surface area contributed by atoms with Gasteiger partial charge in [0.05, 0.1) is 26.5 Å². The van der Waals surface area contributed by atoms with E-state index in [0.29, 0.717) is 0 Å². The molecule has 7 nitrogen and oxygen atoms in total. The molecule has 0 spiro atoms. The van der Waals surface area contributed by atoms with Gasteiger partial charge in [0, 0.05) is 6.04 Å². The van der Waals surface area contributed by atoms with E-state index in [0.717, 1.165) is 38.2 Å². The molecule has 1 N–H and O–H groups in total. The Morgan fingerprint density at radius 2 is 1.58 bits per heavy atom. The molecule has 1 saturated carbocycles. The number of hydrogen-bond donors (Lipinski definition) is 1. The fraction of sp³-hybridized carbons (Fsp3) is 0.625. The first-order chi connectivity index (χ1) is 12.1. The van der Waals surface area contributed by atoms with Gasteiger partial charge in [-0.2, -0.15) is 0 Å². The molecule has 2 aliphatic rings. The topological polar surface area (TPSA) is 114 Å². The molecule has 1 heterocycles. The Balaban J connectivity index is 1.85. The summed E-state index contributed by atoms with van der Waals surface area (Å²) in [5.41, 5.74) is 0. The zero-order valence-corrected chi connectivity index (χ0v) is 16.7. The summed E-state index contributed by atoms with van der Waals surface area (Å²) in [5, 5.41) is -1.02. The van der Waals surface area contributed by atoms with Crippen LogP contribution in [-0.4, -0.2) is 48.1 Å². The molecule has 0 unspecified atom stereocenters. The average molecular weight is 422 g/mol. The quantitative estimate of drug-likeness (QED) is 0.765. The molecule has 1 aromatic carbocycles. The molecule has 146 valence electrons. The van der Waals surface area contributed by atoms with Crippen LogP contribution >= 0.6 is 0 Å². The van der Waals surface area contributed by atoms with E-state index in [4.69, 9.17) is 0 Å². The SMILES string of the molecule is O=S1(=O)CC[C@@H](S(=O)(=O)c2cccc(S(=O)(=O)NC3CCCCC3)c2)C1. The Hall–Kier alpha value is -0.970. The van der Waals surface area contributed by atoms with Gasteiger partial charge in [-0.25, -0.2) is 30.0 Å². The lowest BCUT2D eigenvalue weighted by Crippen LogP contribution is -2.36. The summed E-state index contributed by atoms with van der Waals surface area (Å²) in [6, 6.07) is 5.06. The number of benzene rings is 1. The summed E-state index contributed by atoms with van der Waals surface area (Å²) >= 11 is 0. The van der Waals surface area contributed by atoms with Crippen LogP contribution in [0.5, 0.6) is 0 Å². The minimum Gasteiger partial charge on any atom is -0.229 e. The van der Waals surface area contributed by atoms with Gasteiger partial charge in [-0.05, 0) is 37.5 Å². The van der Waals surface area contributed by atoms with E-state index in [1.807, 2.05) is 0 Å². The van der Waals surface area contributed by atoms with E-state index in [1.54, 1.807) is 0 Å². The summed E-state index contributed by atoms with van der Waals surface area (Å²) in [5.74, 6) is -0.565. The van der Waals surface area contributed by atoms with Gasteiger partial charge in [-0.15, -0.1) is 0 Å². The normalized spacial score (nSPS) is 24.5. The first-order valence-corrected chi connectivity index (χ1v) is 13.5. The van der Waals surface area contributed by atoms with Gasteiger partial charge in [-0.3, -0.25) is 0 Å². The van der Waals surface area contributed by atoms with E-state index in [-0.39, 0.29) is 28.0 Å². The second-order valence-electron chi connectivity index (χ2n) is 7.00. The molecule has 26 heavy (non-hydrogen) atoms. The number of sulfone groups is 2. The molecular weight excluding hydrogens is 398 g/mol. The van der Waals surface area contributed by atoms with Crippen LogP contribution in [0.1, 0.15) is 38.5 Å². The van der Waals surface area contributed by atoms with Crippen molar-refractivity contribution in [1.82, 2.24) is 4.72 Å². The molecule has 1 atom stereocenters. The van der Waals surface area contributed by atoms with Crippen LogP contribution in [0.2, 0.25) is 0 Å². The minimum absolute atomic E-state index is 0.0436. The van der Waals surface area contributed by atoms with Crippen molar-refractivity contribution in [3.8, 4) is 0 Å². The van der Waals surface area contributed by atoms with Crippen molar-refractivity contribution in [2.24, 2.45) is 0 Å². The molecule has 1 aliphatic carbocycles. The van der Waals surface area contributed by atoms with Gasteiger partial charge < -0.3 is 0 Å². The van der Waals surface area contributed by atoms with Crippen LogP contribution in [0.3, 0.4) is 0 Å². The second-order valence-corrected chi connectivity index (χ2v) is 13.2. The molecule has 1 saturated heterocycles. The largest absolute Gasteiger partial charge is 0.240 e. The number of nitrogens with one attached hydrogen (secondary N) is 1. The summed E-state index contributed by atoms with van der Waals surface area (Å²) in [4.78, 5) is -0.254. The van der Waals surface area contributed by atoms with Crippen molar-refractivity contribution in [3.63, 3.8) is 0 Å². The van der Waals surface area contributed by atoms with Crippen molar-refractivity contribution in [3.05, 3.63) is 24.3 Å². The molecule has 10 heteroatoms. The molecule has 0 bridgehead atoms. The Bertz CT molecular complexity index is 977. The summed E-state index contributed by atoms with van der Waals surface area (Å²) < 4.78 is 76.5. The average Bonchev–Trinajstić information content (AvgIpc) is 2.96. The number of hydrogen-bond acceptors (Lipinski definition) is 6. The van der Waals surface area contributed by atoms with E-state index in [9.17, 15) is 25.3 Å². The molecule has 0 amide bonds. The lowest BCUT2D eigenvalue weighted by Gasteiger charge is -2.22. The summed E-state index contributed by atoms with van der Waals surface area (Å²) in [7, 11) is -11.1. The van der Waals surface area contributed by atoms with Crippen molar-refractivity contribution < 1.29 is 25.3 Å². The zero-order valence-electron chi connectivity index (χ0n) is 14.3. The van der Waals surface area contributed by atoms with E-state index < -0.39 is 40.7 Å². The molecule has 3 rings (SSSR count). The van der Waals surface area contributed by atoms with Crippen LogP contribution in [0.25, 0.3) is 0 Å². The van der Waals surface area contributed by atoms with Gasteiger partial charge in [0.2, 0.25) is 10.0 Å². The highest BCUT2D eigenvalue weighted by Crippen LogP contribution is 2.27. The third kappa shape index (κ3) is 4.29. The van der Waals surface area contributed by atoms with Crippen molar-refractivity contribution >= 4 is 29.7 Å². The molecule has 2 fully saturated rings. The maximum Gasteiger partial charge on any atom is 0.240 e. The third-order valence-corrected chi connectivity index (χ3v) is 10.7. The van der Waals surface area contributed by atoms with Crippen molar-refractivity contribution in [2.75, 3.05) is 11.5 Å². The number of rotatable bonds is 5. The van der Waals surface area contributed by atoms with E-state index in [1.165, 1.54) is 18.2 Å². The van der Waals surface area contributed by atoms with E-state index in [2.05, 4.69) is 4.72 Å². The number of sulfonamides is 1. The lowest BCUT2D eigenvalue weighted by atomic mass is 9.96. The highest BCUT2D eigenvalue weighted by atomic mass is 32.2. The van der Waals surface area contributed by atoms with Gasteiger partial charge >= 0.3 is 0 Å². The predicted octanol–water partition coefficient (Wildman–Crippen LogP) is 1.26. The Labute approximate surface area is 155 Å². The van der Waals surface area contributed by atoms with Gasteiger partial charge in [0.25, 0.3) is 0 Å². The Morgan fingerprint density at radius 1 is 0.923 bits per heavy atom. The second kappa shape index (κ2) is 7.21. The van der Waals surface area contributed by atoms with Gasteiger partial charge in [-0.1, -0.05) is 25.3 Å². The van der Waals surface area contributed by atoms with Crippen molar-refractivity contribution in [2.45, 2.75) is 59.6 Å². The third-order valence-electron chi connectivity index (χ3n) is 5.00. The lowest BCUT2D eigenvalue weighted by molar-refractivity contribution is 0.412. The first kappa shape index (κ1) is 19.8. The van der Waals surface area contributed by atoms with Crippen molar-refractivity contribution in [1.29, 1.82) is 0 Å². The standard InChI is InChI=1S/C16H23NO6S3/c18-24(19)10-9-16(12-24)25(20,21)14-7-4-8-15(11-14)26(22,23)17-13-5-2-1-3-6-13/h4,7-8,11,13,16-17H,1-3,5-6,9-10,12H2/t16-/m1/s1. The maximum atomic E-state index is 12.7. The van der Waals surface area contributed by atoms with Crippen LogP contribution in [0.4, 0.5) is 0 Å². The highest BCUT2D eigenvalue weighted by Gasteiger charge is 2.38. The fourth-order valence-electron chi connectivity index (χ4n) is 3.52. The molecule has 1 aliphatic heterocycles.